The van der Waals surface area contributed by atoms with Gasteiger partial charge in [-0.05, 0) is 44.7 Å². The van der Waals surface area contributed by atoms with Gasteiger partial charge in [0.1, 0.15) is 11.6 Å². The van der Waals surface area contributed by atoms with E-state index in [9.17, 15) is 19.5 Å². The first-order valence-electron chi connectivity index (χ1n) is 14.2. The van der Waals surface area contributed by atoms with Crippen LogP contribution in [0, 0.1) is 11.8 Å². The Balaban J connectivity index is 1.81. The fraction of sp³-hybridized carbons (Fsp3) is 0.581. The highest BCUT2D eigenvalue weighted by Crippen LogP contribution is 2.64. The van der Waals surface area contributed by atoms with Crippen molar-refractivity contribution in [3.05, 3.63) is 55.6 Å². The van der Waals surface area contributed by atoms with Gasteiger partial charge in [0, 0.05) is 25.3 Å². The van der Waals surface area contributed by atoms with Crippen molar-refractivity contribution in [3.8, 4) is 0 Å². The molecule has 0 saturated carbocycles. The maximum Gasteiger partial charge on any atom is 0.248 e. The second kappa shape index (κ2) is 11.6. The summed E-state index contributed by atoms with van der Waals surface area (Å²) in [4.78, 5) is 48.0. The molecule has 3 aliphatic rings. The molecule has 8 heteroatoms. The molecule has 3 saturated heterocycles. The Morgan fingerprint density at radius 2 is 1.85 bits per heavy atom. The van der Waals surface area contributed by atoms with Crippen LogP contribution >= 0.6 is 0 Å². The van der Waals surface area contributed by atoms with Crippen LogP contribution in [0.1, 0.15) is 52.9 Å². The fourth-order valence-corrected chi connectivity index (χ4v) is 7.02. The van der Waals surface area contributed by atoms with E-state index in [2.05, 4.69) is 20.1 Å². The summed E-state index contributed by atoms with van der Waals surface area (Å²) in [5, 5.41) is 10.3. The number of rotatable bonds is 13. The monoisotopic (exact) mass is 537 g/mol. The minimum atomic E-state index is -1.13. The number of unbranched alkanes of at least 4 members (excludes halogenated alkanes) is 1. The molecule has 0 aromatic heterocycles. The quantitative estimate of drug-likeness (QED) is 0.389. The van der Waals surface area contributed by atoms with Crippen LogP contribution in [-0.2, 0) is 19.1 Å². The van der Waals surface area contributed by atoms with Gasteiger partial charge in [0.05, 0.1) is 30.1 Å². The van der Waals surface area contributed by atoms with Crippen LogP contribution in [0.15, 0.2) is 55.6 Å². The summed E-state index contributed by atoms with van der Waals surface area (Å²) in [7, 11) is 0. The topological polar surface area (TPSA) is 90.4 Å². The molecule has 3 fully saturated rings. The minimum Gasteiger partial charge on any atom is -0.394 e. The zero-order valence-electron chi connectivity index (χ0n) is 23.6. The SMILES string of the molecule is C=CCN(CCCC)C(=O)C1N([C@@H](CC)CO)C(=O)[C@@H]2[C@@H](C(=O)N(CC=C)c3ccccc3)[C@@]3(C)CCC12O3. The fourth-order valence-electron chi connectivity index (χ4n) is 7.02. The summed E-state index contributed by atoms with van der Waals surface area (Å²) in [5.74, 6) is -2.27. The molecule has 2 bridgehead atoms. The van der Waals surface area contributed by atoms with Gasteiger partial charge in [0.15, 0.2) is 0 Å². The van der Waals surface area contributed by atoms with Gasteiger partial charge in [-0.25, -0.2) is 0 Å². The Labute approximate surface area is 232 Å². The summed E-state index contributed by atoms with van der Waals surface area (Å²) >= 11 is 0. The molecule has 1 spiro atoms. The maximum atomic E-state index is 14.4. The lowest BCUT2D eigenvalue weighted by atomic mass is 9.66. The van der Waals surface area contributed by atoms with E-state index < -0.39 is 35.1 Å². The Kier molecular flexibility index (Phi) is 8.66. The van der Waals surface area contributed by atoms with Crippen molar-refractivity contribution in [2.24, 2.45) is 11.8 Å². The standard InChI is InChI=1S/C31H43N3O5/c1-6-10-20-32(18-7-2)29(38)26-31-17-16-30(5,39-31)24(25(31)28(37)34(26)22(9-4)21-35)27(36)33(19-8-3)23-14-12-11-13-15-23/h7-8,11-15,22,24-26,35H,2-3,6,9-10,16-21H2,1,4-5H3/t22-,24-,25-,26?,30+,31?/m0/s1. The van der Waals surface area contributed by atoms with Gasteiger partial charge in [0.2, 0.25) is 17.7 Å². The van der Waals surface area contributed by atoms with Gasteiger partial charge in [-0.2, -0.15) is 0 Å². The molecule has 0 aliphatic carbocycles. The third kappa shape index (κ3) is 4.72. The van der Waals surface area contributed by atoms with Crippen LogP contribution in [0.5, 0.6) is 0 Å². The van der Waals surface area contributed by atoms with E-state index in [-0.39, 0.29) is 30.9 Å². The molecule has 1 N–H and O–H groups in total. The number of nitrogens with zero attached hydrogens (tertiary/aromatic N) is 3. The van der Waals surface area contributed by atoms with E-state index in [4.69, 9.17) is 4.74 Å². The van der Waals surface area contributed by atoms with Gasteiger partial charge >= 0.3 is 0 Å². The number of carbonyl (C=O) groups is 3. The molecule has 1 aromatic carbocycles. The Hall–Kier alpha value is -2.97. The Bertz CT molecular complexity index is 1090. The van der Waals surface area contributed by atoms with Gasteiger partial charge in [0.25, 0.3) is 0 Å². The third-order valence-electron chi connectivity index (χ3n) is 8.88. The van der Waals surface area contributed by atoms with Crippen molar-refractivity contribution in [1.29, 1.82) is 0 Å². The highest BCUT2D eigenvalue weighted by molar-refractivity contribution is 6.03. The molecular formula is C31H43N3O5. The zero-order valence-corrected chi connectivity index (χ0v) is 23.6. The average Bonchev–Trinajstić information content (AvgIpc) is 3.51. The molecule has 4 rings (SSSR count). The maximum absolute atomic E-state index is 14.4. The van der Waals surface area contributed by atoms with Crippen molar-refractivity contribution in [2.45, 2.75) is 76.2 Å². The summed E-state index contributed by atoms with van der Waals surface area (Å²) in [6, 6.07) is 7.90. The van der Waals surface area contributed by atoms with Crippen molar-refractivity contribution < 1.29 is 24.2 Å². The van der Waals surface area contributed by atoms with E-state index in [0.29, 0.717) is 32.4 Å². The van der Waals surface area contributed by atoms with Gasteiger partial charge in [-0.3, -0.25) is 14.4 Å². The minimum absolute atomic E-state index is 0.200. The summed E-state index contributed by atoms with van der Waals surface area (Å²) in [6.45, 7) is 14.5. The number of ether oxygens (including phenoxy) is 1. The third-order valence-corrected chi connectivity index (χ3v) is 8.88. The summed E-state index contributed by atoms with van der Waals surface area (Å²) in [6.07, 6.45) is 6.65. The first kappa shape index (κ1) is 29.0. The van der Waals surface area contributed by atoms with E-state index in [1.165, 1.54) is 0 Å². The molecule has 1 aromatic rings. The first-order valence-corrected chi connectivity index (χ1v) is 14.2. The van der Waals surface area contributed by atoms with Crippen LogP contribution < -0.4 is 4.90 Å². The lowest BCUT2D eigenvalue weighted by molar-refractivity contribution is -0.154. The van der Waals surface area contributed by atoms with Gasteiger partial charge in [-0.1, -0.05) is 50.6 Å². The number of para-hydroxylation sites is 1. The smallest absolute Gasteiger partial charge is 0.248 e. The van der Waals surface area contributed by atoms with Crippen molar-refractivity contribution >= 4 is 23.4 Å². The molecular weight excluding hydrogens is 494 g/mol. The molecule has 6 atom stereocenters. The molecule has 3 aliphatic heterocycles. The zero-order chi connectivity index (χ0) is 28.4. The number of carbonyl (C=O) groups excluding carboxylic acids is 3. The number of benzene rings is 1. The summed E-state index contributed by atoms with van der Waals surface area (Å²) in [5.41, 5.74) is -1.30. The molecule has 212 valence electrons. The number of likely N-dealkylation sites (tertiary alicyclic amines) is 1. The lowest BCUT2D eigenvalue weighted by Crippen LogP contribution is -2.58. The molecule has 3 amide bonds. The van der Waals surface area contributed by atoms with Crippen molar-refractivity contribution in [3.63, 3.8) is 0 Å². The number of aliphatic hydroxyl groups excluding tert-OH is 1. The number of fused-ring (bicyclic) bond motifs is 1. The number of aliphatic hydroxyl groups is 1. The Morgan fingerprint density at radius 3 is 2.44 bits per heavy atom. The number of anilines is 1. The highest BCUT2D eigenvalue weighted by atomic mass is 16.5. The van der Waals surface area contributed by atoms with Crippen molar-refractivity contribution in [2.75, 3.05) is 31.1 Å². The summed E-state index contributed by atoms with van der Waals surface area (Å²) < 4.78 is 6.78. The van der Waals surface area contributed by atoms with Crippen LogP contribution in [0.3, 0.4) is 0 Å². The molecule has 2 unspecified atom stereocenters. The predicted octanol–water partition coefficient (Wildman–Crippen LogP) is 3.56. The molecule has 8 nitrogen and oxygen atoms in total. The predicted molar refractivity (Wildman–Crippen MR) is 151 cm³/mol. The van der Waals surface area contributed by atoms with Crippen LogP contribution in [-0.4, -0.2) is 82.2 Å². The number of amides is 3. The number of hydrogen-bond donors (Lipinski definition) is 1. The molecule has 39 heavy (non-hydrogen) atoms. The van der Waals surface area contributed by atoms with Gasteiger partial charge < -0.3 is 24.5 Å². The highest BCUT2D eigenvalue weighted by Gasteiger charge is 2.78. The van der Waals surface area contributed by atoms with Crippen molar-refractivity contribution in [1.82, 2.24) is 9.80 Å². The van der Waals surface area contributed by atoms with E-state index in [0.717, 1.165) is 18.5 Å². The molecule has 3 heterocycles. The second-order valence-corrected chi connectivity index (χ2v) is 11.2. The molecule has 0 radical (unpaired) electrons. The van der Waals surface area contributed by atoms with E-state index in [1.54, 1.807) is 26.9 Å². The first-order chi connectivity index (χ1) is 18.7. The normalized spacial score (nSPS) is 29.7. The van der Waals surface area contributed by atoms with E-state index >= 15 is 0 Å². The lowest BCUT2D eigenvalue weighted by Gasteiger charge is -2.39. The van der Waals surface area contributed by atoms with E-state index in [1.807, 2.05) is 44.2 Å². The largest absolute Gasteiger partial charge is 0.394 e. The Morgan fingerprint density at radius 1 is 1.15 bits per heavy atom. The second-order valence-electron chi connectivity index (χ2n) is 11.2. The van der Waals surface area contributed by atoms with Crippen LogP contribution in [0.2, 0.25) is 0 Å². The van der Waals surface area contributed by atoms with Crippen LogP contribution in [0.25, 0.3) is 0 Å². The van der Waals surface area contributed by atoms with Crippen LogP contribution in [0.4, 0.5) is 5.69 Å². The number of hydrogen-bond acceptors (Lipinski definition) is 5. The van der Waals surface area contributed by atoms with Gasteiger partial charge in [-0.15, -0.1) is 13.2 Å². The average molecular weight is 538 g/mol.